The Morgan fingerprint density at radius 3 is 1.01 bits per heavy atom. The van der Waals surface area contributed by atoms with Gasteiger partial charge in [-0.2, -0.15) is 0 Å². The monoisotopic (exact) mass is 1120 g/mol. The van der Waals surface area contributed by atoms with Crippen molar-refractivity contribution in [2.75, 3.05) is 0 Å². The van der Waals surface area contributed by atoms with Crippen molar-refractivity contribution in [1.29, 1.82) is 0 Å². The lowest BCUT2D eigenvalue weighted by Crippen LogP contribution is -1.85. The highest BCUT2D eigenvalue weighted by molar-refractivity contribution is 5.85. The molecule has 0 fully saturated rings. The van der Waals surface area contributed by atoms with Crippen LogP contribution in [0.2, 0.25) is 0 Å². The minimum absolute atomic E-state index is 1.26. The van der Waals surface area contributed by atoms with Crippen LogP contribution in [-0.4, -0.2) is 0 Å². The van der Waals surface area contributed by atoms with E-state index in [0.717, 1.165) is 0 Å². The van der Waals surface area contributed by atoms with Gasteiger partial charge in [0.2, 0.25) is 0 Å². The van der Waals surface area contributed by atoms with Crippen LogP contribution in [0.5, 0.6) is 0 Å². The smallest absolute Gasteiger partial charge is 0.0149 e. The van der Waals surface area contributed by atoms with E-state index in [9.17, 15) is 0 Å². The molecule has 0 heterocycles. The number of hydrogen-bond donors (Lipinski definition) is 0. The highest BCUT2D eigenvalue weighted by Crippen LogP contribution is 2.30. The Morgan fingerprint density at radius 1 is 0.149 bits per heavy atom. The van der Waals surface area contributed by atoms with Gasteiger partial charge in [0.05, 0.1) is 0 Å². The predicted molar refractivity (Wildman–Crippen MR) is 380 cm³/mol. The molecule has 0 aliphatic heterocycles. The molecule has 14 rings (SSSR count). The molecule has 0 aliphatic rings. The fourth-order valence-electron chi connectivity index (χ4n) is 9.94. The van der Waals surface area contributed by atoms with Crippen molar-refractivity contribution >= 4 is 21.5 Å². The van der Waals surface area contributed by atoms with E-state index in [0.29, 0.717) is 0 Å². The Bertz CT molecular complexity index is 4220. The van der Waals surface area contributed by atoms with Crippen LogP contribution in [0, 0.1) is 48.5 Å². The topological polar surface area (TPSA) is 0 Å². The molecule has 0 N–H and O–H groups in total. The molecule has 0 nitrogen and oxygen atoms in total. The molecular weight excluding hydrogens is 1040 g/mol. The first-order valence-corrected chi connectivity index (χ1v) is 30.1. The molecule has 0 unspecified atom stereocenters. The van der Waals surface area contributed by atoms with Crippen molar-refractivity contribution in [2.45, 2.75) is 48.5 Å². The largest absolute Gasteiger partial charge is 0.0622 e. The minimum atomic E-state index is 1.26. The zero-order chi connectivity index (χ0) is 60.8. The van der Waals surface area contributed by atoms with Crippen molar-refractivity contribution in [3.05, 3.63) is 397 Å². The second kappa shape index (κ2) is 33.8. The van der Waals surface area contributed by atoms with Gasteiger partial charge in [0.15, 0.2) is 0 Å². The molecule has 0 saturated heterocycles. The zero-order valence-corrected chi connectivity index (χ0v) is 51.6. The summed E-state index contributed by atoms with van der Waals surface area (Å²) in [5.74, 6) is 0. The maximum atomic E-state index is 2.28. The summed E-state index contributed by atoms with van der Waals surface area (Å²) in [6, 6.07) is 125. The fraction of sp³-hybridized carbons (Fsp3) is 0.0805. The lowest BCUT2D eigenvalue weighted by molar-refractivity contribution is 1.45. The van der Waals surface area contributed by atoms with Gasteiger partial charge in [-0.25, -0.2) is 0 Å². The lowest BCUT2D eigenvalue weighted by Gasteiger charge is -2.09. The second-order valence-corrected chi connectivity index (χ2v) is 21.7. The molecule has 0 saturated carbocycles. The van der Waals surface area contributed by atoms with E-state index in [1.165, 1.54) is 116 Å². The summed E-state index contributed by atoms with van der Waals surface area (Å²) in [5, 5.41) is 5.33. The van der Waals surface area contributed by atoms with Gasteiger partial charge in [-0.15, -0.1) is 0 Å². The van der Waals surface area contributed by atoms with Crippen molar-refractivity contribution < 1.29 is 0 Å². The molecule has 87 heavy (non-hydrogen) atoms. The molecule has 0 atom stereocenters. The maximum Gasteiger partial charge on any atom is -0.0149 e. The number of hydrogen-bond acceptors (Lipinski definition) is 0. The van der Waals surface area contributed by atoms with E-state index in [2.05, 4.69) is 370 Å². The quantitative estimate of drug-likeness (QED) is 0.161. The third-order valence-electron chi connectivity index (χ3n) is 14.8. The molecule has 0 heteroatoms. The summed E-state index contributed by atoms with van der Waals surface area (Å²) < 4.78 is 0. The first-order chi connectivity index (χ1) is 42.6. The highest BCUT2D eigenvalue weighted by Gasteiger charge is 2.05. The van der Waals surface area contributed by atoms with Gasteiger partial charge in [-0.3, -0.25) is 0 Å². The van der Waals surface area contributed by atoms with Crippen molar-refractivity contribution in [2.24, 2.45) is 0 Å². The Morgan fingerprint density at radius 2 is 0.483 bits per heavy atom. The van der Waals surface area contributed by atoms with E-state index < -0.39 is 0 Å². The van der Waals surface area contributed by atoms with Crippen molar-refractivity contribution in [1.82, 2.24) is 0 Å². The Kier molecular flexibility index (Phi) is 24.3. The van der Waals surface area contributed by atoms with Gasteiger partial charge >= 0.3 is 0 Å². The normalized spacial score (nSPS) is 10.0. The maximum absolute atomic E-state index is 2.28. The van der Waals surface area contributed by atoms with Gasteiger partial charge in [0, 0.05) is 0 Å². The van der Waals surface area contributed by atoms with E-state index in [1.807, 2.05) is 36.4 Å². The van der Waals surface area contributed by atoms with E-state index >= 15 is 0 Å². The van der Waals surface area contributed by atoms with Crippen LogP contribution < -0.4 is 0 Å². The highest BCUT2D eigenvalue weighted by atomic mass is 14.1. The van der Waals surface area contributed by atoms with Crippen LogP contribution in [0.3, 0.4) is 0 Å². The number of fused-ring (bicyclic) bond motifs is 2. The average molecular weight is 1130 g/mol. The van der Waals surface area contributed by atoms with Gasteiger partial charge < -0.3 is 0 Å². The molecule has 0 amide bonds. The van der Waals surface area contributed by atoms with Gasteiger partial charge in [-0.05, 0) is 148 Å². The van der Waals surface area contributed by atoms with E-state index in [4.69, 9.17) is 0 Å². The van der Waals surface area contributed by atoms with Crippen molar-refractivity contribution in [3.8, 4) is 55.6 Å². The molecular formula is C87H80. The molecule has 14 aromatic rings. The van der Waals surface area contributed by atoms with Crippen molar-refractivity contribution in [3.63, 3.8) is 0 Å². The molecule has 0 radical (unpaired) electrons. The SMILES string of the molecule is Cc1ccc(-c2ccccc2)cc1.Cc1ccc(-c2ccccc2)cc1-c1ccccc1.Cc1ccc2ccccc2c1.Cc1cccc(-c2ccccc2)c1.Cc1cccc2ccccc12.Cc1ccccc1.Cc1ccccc1-c1ccccc1. The Balaban J connectivity index is 0.000000134. The first-order valence-electron chi connectivity index (χ1n) is 30.1. The predicted octanol–water partition coefficient (Wildman–Crippen LogP) is 24.6. The molecule has 0 spiro atoms. The second-order valence-electron chi connectivity index (χ2n) is 21.7. The first kappa shape index (κ1) is 62.6. The average Bonchev–Trinajstić information content (AvgIpc) is 3.76. The van der Waals surface area contributed by atoms with Crippen LogP contribution in [0.25, 0.3) is 77.2 Å². The molecule has 0 aromatic heterocycles. The summed E-state index contributed by atoms with van der Waals surface area (Å²) in [4.78, 5) is 0. The number of aryl methyl sites for hydroxylation is 7. The van der Waals surface area contributed by atoms with Crippen LogP contribution in [0.1, 0.15) is 38.9 Å². The van der Waals surface area contributed by atoms with Gasteiger partial charge in [0.25, 0.3) is 0 Å². The summed E-state index contributed by atoms with van der Waals surface area (Å²) in [5.41, 5.74) is 22.1. The summed E-state index contributed by atoms with van der Waals surface area (Å²) in [6.45, 7) is 14.9. The van der Waals surface area contributed by atoms with Crippen LogP contribution in [0.4, 0.5) is 0 Å². The fourth-order valence-corrected chi connectivity index (χ4v) is 9.94. The summed E-state index contributed by atoms with van der Waals surface area (Å²) >= 11 is 0. The Hall–Kier alpha value is -10.4. The van der Waals surface area contributed by atoms with Crippen LogP contribution >= 0.6 is 0 Å². The zero-order valence-electron chi connectivity index (χ0n) is 51.6. The van der Waals surface area contributed by atoms with Gasteiger partial charge in [0.1, 0.15) is 0 Å². The van der Waals surface area contributed by atoms with E-state index in [1.54, 1.807) is 0 Å². The standard InChI is InChI=1S/C19H16.3C13H12.2C11H10.C7H8/c1-15-12-13-18(16-8-4-2-5-9-16)14-19(15)17-10-6-3-7-11-17;1-11-7-5-6-10-13(11)12-8-3-2-4-9-12;1-11-6-5-9-13(10-11)12-7-3-2-4-8-12;1-11-7-9-13(10-8-11)12-5-3-2-4-6-12;1-9-5-4-7-10-6-2-3-8-11(9)10;1-9-6-7-10-4-2-3-5-11(10)8-9;1-7-5-3-2-4-6-7/h2-14H,1H3;3*2-10H,1H3;2*2-8H,1H3;2-6H,1H3. The van der Waals surface area contributed by atoms with Crippen LogP contribution in [0.15, 0.2) is 358 Å². The molecule has 0 aliphatic carbocycles. The third kappa shape index (κ3) is 20.1. The van der Waals surface area contributed by atoms with Crippen LogP contribution in [-0.2, 0) is 0 Å². The summed E-state index contributed by atoms with van der Waals surface area (Å²) in [6.07, 6.45) is 0. The molecule has 428 valence electrons. The van der Waals surface area contributed by atoms with E-state index in [-0.39, 0.29) is 0 Å². The van der Waals surface area contributed by atoms with Gasteiger partial charge in [-0.1, -0.05) is 374 Å². The lowest BCUT2D eigenvalue weighted by atomic mass is 9.95. The summed E-state index contributed by atoms with van der Waals surface area (Å²) in [7, 11) is 0. The molecule has 0 bridgehead atoms. The number of rotatable bonds is 5. The minimum Gasteiger partial charge on any atom is -0.0622 e. The number of benzene rings is 14. The Labute approximate surface area is 519 Å². The molecule has 14 aromatic carbocycles. The third-order valence-corrected chi connectivity index (χ3v) is 14.8.